The number of aryl methyl sites for hydroxylation is 2. The molecule has 3 heteroatoms. The average Bonchev–Trinajstić information content (AvgIpc) is 2.84. The molecular formula is C16H14N2O. The van der Waals surface area contributed by atoms with E-state index in [0.717, 1.165) is 30.3 Å². The third-order valence-corrected chi connectivity index (χ3v) is 3.26. The molecule has 19 heavy (non-hydrogen) atoms. The molecule has 0 amide bonds. The van der Waals surface area contributed by atoms with Crippen LogP contribution >= 0.6 is 0 Å². The van der Waals surface area contributed by atoms with Crippen LogP contribution in [0.25, 0.3) is 11.0 Å². The van der Waals surface area contributed by atoms with Crippen molar-refractivity contribution in [1.82, 2.24) is 9.55 Å². The van der Waals surface area contributed by atoms with Crippen LogP contribution in [0, 0.1) is 0 Å². The Labute approximate surface area is 111 Å². The lowest BCUT2D eigenvalue weighted by atomic mass is 10.1. The molecule has 0 N–H and O–H groups in total. The Kier molecular flexibility index (Phi) is 3.11. The second-order valence-electron chi connectivity index (χ2n) is 4.46. The van der Waals surface area contributed by atoms with Crippen molar-refractivity contribution in [3.63, 3.8) is 0 Å². The van der Waals surface area contributed by atoms with Crippen LogP contribution in [0.1, 0.15) is 16.2 Å². The molecule has 0 atom stereocenters. The predicted molar refractivity (Wildman–Crippen MR) is 75.3 cm³/mol. The van der Waals surface area contributed by atoms with Gasteiger partial charge in [0.05, 0.1) is 11.0 Å². The summed E-state index contributed by atoms with van der Waals surface area (Å²) in [6.07, 6.45) is 1.72. The van der Waals surface area contributed by atoms with Crippen LogP contribution in [0.2, 0.25) is 0 Å². The van der Waals surface area contributed by atoms with E-state index in [0.29, 0.717) is 5.82 Å². The minimum Gasteiger partial charge on any atom is -0.321 e. The topological polar surface area (TPSA) is 34.9 Å². The lowest BCUT2D eigenvalue weighted by Crippen LogP contribution is -2.05. The van der Waals surface area contributed by atoms with Crippen LogP contribution in [0.4, 0.5) is 0 Å². The molecule has 1 aromatic heterocycles. The molecule has 0 aliphatic carbocycles. The summed E-state index contributed by atoms with van der Waals surface area (Å²) in [5.41, 5.74) is 3.15. The van der Waals surface area contributed by atoms with Crippen LogP contribution in [0.3, 0.4) is 0 Å². The standard InChI is InChI=1S/C16H14N2O/c19-12-16-17-14-8-4-5-9-15(14)18(16)11-10-13-6-2-1-3-7-13/h1-9,12H,10-11H2. The fourth-order valence-corrected chi connectivity index (χ4v) is 2.30. The molecule has 2 aromatic carbocycles. The molecule has 0 fully saturated rings. The fourth-order valence-electron chi connectivity index (χ4n) is 2.30. The van der Waals surface area contributed by atoms with Gasteiger partial charge in [-0.1, -0.05) is 42.5 Å². The lowest BCUT2D eigenvalue weighted by Gasteiger charge is -2.06. The molecule has 0 spiro atoms. The summed E-state index contributed by atoms with van der Waals surface area (Å²) in [6.45, 7) is 0.762. The van der Waals surface area contributed by atoms with Gasteiger partial charge < -0.3 is 4.57 Å². The maximum atomic E-state index is 11.1. The number of rotatable bonds is 4. The highest BCUT2D eigenvalue weighted by molar-refractivity contribution is 5.82. The van der Waals surface area contributed by atoms with E-state index >= 15 is 0 Å². The van der Waals surface area contributed by atoms with Gasteiger partial charge in [-0.15, -0.1) is 0 Å². The zero-order valence-electron chi connectivity index (χ0n) is 10.5. The number of aldehydes is 1. The van der Waals surface area contributed by atoms with Crippen LogP contribution in [0.15, 0.2) is 54.6 Å². The van der Waals surface area contributed by atoms with Gasteiger partial charge in [0.15, 0.2) is 12.1 Å². The number of aromatic nitrogens is 2. The third-order valence-electron chi connectivity index (χ3n) is 3.26. The minimum atomic E-state index is 0.497. The Balaban J connectivity index is 1.93. The first-order valence-electron chi connectivity index (χ1n) is 6.33. The fraction of sp³-hybridized carbons (Fsp3) is 0.125. The van der Waals surface area contributed by atoms with Crippen molar-refractivity contribution in [1.29, 1.82) is 0 Å². The number of carbonyl (C=O) groups is 1. The molecule has 0 aliphatic heterocycles. The molecule has 94 valence electrons. The third kappa shape index (κ3) is 2.27. The monoisotopic (exact) mass is 250 g/mol. The Morgan fingerprint density at radius 1 is 1.00 bits per heavy atom. The number of carbonyl (C=O) groups excluding carboxylic acids is 1. The van der Waals surface area contributed by atoms with Gasteiger partial charge >= 0.3 is 0 Å². The number of para-hydroxylation sites is 2. The van der Waals surface area contributed by atoms with E-state index in [1.807, 2.05) is 47.0 Å². The Morgan fingerprint density at radius 2 is 1.74 bits per heavy atom. The van der Waals surface area contributed by atoms with E-state index in [2.05, 4.69) is 17.1 Å². The number of hydrogen-bond acceptors (Lipinski definition) is 2. The van der Waals surface area contributed by atoms with Gasteiger partial charge in [-0.2, -0.15) is 0 Å². The zero-order chi connectivity index (χ0) is 13.1. The Hall–Kier alpha value is -2.42. The SMILES string of the molecule is O=Cc1nc2ccccc2n1CCc1ccccc1. The first kappa shape index (κ1) is 11.7. The summed E-state index contributed by atoms with van der Waals surface area (Å²) < 4.78 is 1.98. The Morgan fingerprint density at radius 3 is 2.53 bits per heavy atom. The molecular weight excluding hydrogens is 236 g/mol. The van der Waals surface area contributed by atoms with Gasteiger partial charge in [0.25, 0.3) is 0 Å². The van der Waals surface area contributed by atoms with Crippen LogP contribution in [-0.2, 0) is 13.0 Å². The van der Waals surface area contributed by atoms with E-state index in [4.69, 9.17) is 0 Å². The average molecular weight is 250 g/mol. The van der Waals surface area contributed by atoms with E-state index in [9.17, 15) is 4.79 Å². The molecule has 3 nitrogen and oxygen atoms in total. The first-order valence-corrected chi connectivity index (χ1v) is 6.33. The molecule has 0 bridgehead atoms. The largest absolute Gasteiger partial charge is 0.321 e. The quantitative estimate of drug-likeness (QED) is 0.667. The smallest absolute Gasteiger partial charge is 0.185 e. The number of hydrogen-bond donors (Lipinski definition) is 0. The minimum absolute atomic E-state index is 0.497. The summed E-state index contributed by atoms with van der Waals surface area (Å²) in [6, 6.07) is 18.1. The lowest BCUT2D eigenvalue weighted by molar-refractivity contribution is 0.111. The summed E-state index contributed by atoms with van der Waals surface area (Å²) in [5, 5.41) is 0. The van der Waals surface area contributed by atoms with Crippen molar-refractivity contribution in [3.8, 4) is 0 Å². The van der Waals surface area contributed by atoms with E-state index in [1.54, 1.807) is 0 Å². The second kappa shape index (κ2) is 5.06. The van der Waals surface area contributed by atoms with Crippen molar-refractivity contribution in [2.24, 2.45) is 0 Å². The normalized spacial score (nSPS) is 10.7. The van der Waals surface area contributed by atoms with Gasteiger partial charge in [-0.3, -0.25) is 4.79 Å². The van der Waals surface area contributed by atoms with Crippen molar-refractivity contribution in [3.05, 3.63) is 66.0 Å². The molecule has 0 radical (unpaired) electrons. The highest BCUT2D eigenvalue weighted by Crippen LogP contribution is 2.15. The van der Waals surface area contributed by atoms with Gasteiger partial charge in [0, 0.05) is 6.54 Å². The van der Waals surface area contributed by atoms with Gasteiger partial charge in [-0.25, -0.2) is 4.98 Å². The summed E-state index contributed by atoms with van der Waals surface area (Å²) in [7, 11) is 0. The molecule has 0 aliphatic rings. The van der Waals surface area contributed by atoms with Gasteiger partial charge in [-0.05, 0) is 24.1 Å². The predicted octanol–water partition coefficient (Wildman–Crippen LogP) is 3.09. The number of imidazole rings is 1. The van der Waals surface area contributed by atoms with Crippen molar-refractivity contribution < 1.29 is 4.79 Å². The second-order valence-corrected chi connectivity index (χ2v) is 4.46. The van der Waals surface area contributed by atoms with Crippen LogP contribution in [-0.4, -0.2) is 15.8 Å². The van der Waals surface area contributed by atoms with Crippen LogP contribution < -0.4 is 0 Å². The van der Waals surface area contributed by atoms with E-state index < -0.39 is 0 Å². The summed E-state index contributed by atoms with van der Waals surface area (Å²) in [4.78, 5) is 15.5. The number of benzene rings is 2. The maximum Gasteiger partial charge on any atom is 0.185 e. The van der Waals surface area contributed by atoms with E-state index in [-0.39, 0.29) is 0 Å². The molecule has 0 unspecified atom stereocenters. The molecule has 0 saturated carbocycles. The molecule has 3 rings (SSSR count). The van der Waals surface area contributed by atoms with Gasteiger partial charge in [0.1, 0.15) is 0 Å². The maximum absolute atomic E-state index is 11.1. The summed E-state index contributed by atoms with van der Waals surface area (Å²) >= 11 is 0. The molecule has 1 heterocycles. The zero-order valence-corrected chi connectivity index (χ0v) is 10.5. The Bertz CT molecular complexity index is 701. The highest BCUT2D eigenvalue weighted by atomic mass is 16.1. The van der Waals surface area contributed by atoms with Crippen molar-refractivity contribution >= 4 is 17.3 Å². The first-order chi connectivity index (χ1) is 9.38. The molecule has 3 aromatic rings. The molecule has 0 saturated heterocycles. The van der Waals surface area contributed by atoms with Gasteiger partial charge in [0.2, 0.25) is 0 Å². The van der Waals surface area contributed by atoms with Crippen molar-refractivity contribution in [2.75, 3.05) is 0 Å². The van der Waals surface area contributed by atoms with Crippen molar-refractivity contribution in [2.45, 2.75) is 13.0 Å². The summed E-state index contributed by atoms with van der Waals surface area (Å²) in [5.74, 6) is 0.497. The number of fused-ring (bicyclic) bond motifs is 1. The highest BCUT2D eigenvalue weighted by Gasteiger charge is 2.08. The van der Waals surface area contributed by atoms with Crippen LogP contribution in [0.5, 0.6) is 0 Å². The van der Waals surface area contributed by atoms with E-state index in [1.165, 1.54) is 5.56 Å². The number of nitrogens with zero attached hydrogens (tertiary/aromatic N) is 2.